The minimum Gasteiger partial charge on any atom is -0.548 e. The largest absolute Gasteiger partial charge is 1.00 e. The first kappa shape index (κ1) is 25.2. The standard InChI is InChI=1S/C26H19N3O6.Na/c1-35-24-19-9-5-6-12-28(19)22(21(24)15-7-3-2-4-8-15)23(32)16-10-11-18-17(13-16)25(33)29(14-20(30)31)26(34)27-18;/h2-13H,14H2,1H3,(H,27,34)(H,30,31);/q;+1/p-1. The van der Waals surface area contributed by atoms with Crippen LogP contribution in [-0.2, 0) is 11.3 Å². The summed E-state index contributed by atoms with van der Waals surface area (Å²) in [5, 5.41) is 11.0. The Hall–Kier alpha value is -3.92. The summed E-state index contributed by atoms with van der Waals surface area (Å²) in [7, 11) is 1.54. The van der Waals surface area contributed by atoms with Crippen LogP contribution in [0.15, 0.2) is 82.5 Å². The molecule has 3 heterocycles. The number of aromatic nitrogens is 3. The van der Waals surface area contributed by atoms with E-state index in [0.29, 0.717) is 27.1 Å². The average molecular weight is 491 g/mol. The van der Waals surface area contributed by atoms with Gasteiger partial charge in [-0.1, -0.05) is 36.4 Å². The molecule has 0 bridgehead atoms. The first-order chi connectivity index (χ1) is 16.9. The van der Waals surface area contributed by atoms with Gasteiger partial charge in [-0.3, -0.25) is 14.2 Å². The van der Waals surface area contributed by atoms with Gasteiger partial charge in [0.2, 0.25) is 5.78 Å². The van der Waals surface area contributed by atoms with Crippen LogP contribution in [0.1, 0.15) is 16.1 Å². The SMILES string of the molecule is COc1c(-c2ccccc2)c(C(=O)c2ccc3[nH]c(=O)n(CC(=O)[O-])c(=O)c3c2)n2ccccc12.[Na+]. The van der Waals surface area contributed by atoms with E-state index < -0.39 is 23.8 Å². The Labute approximate surface area is 225 Å². The maximum Gasteiger partial charge on any atom is 1.00 e. The number of hydrogen-bond acceptors (Lipinski definition) is 6. The number of nitrogens with one attached hydrogen (secondary N) is 1. The van der Waals surface area contributed by atoms with E-state index in [-0.39, 0.29) is 51.8 Å². The third-order valence-corrected chi connectivity index (χ3v) is 5.81. The molecule has 0 aliphatic rings. The Bertz CT molecular complexity index is 1750. The fourth-order valence-electron chi connectivity index (χ4n) is 4.28. The first-order valence-electron chi connectivity index (χ1n) is 10.6. The van der Waals surface area contributed by atoms with E-state index in [1.54, 1.807) is 16.7 Å². The van der Waals surface area contributed by atoms with E-state index >= 15 is 0 Å². The molecule has 0 aliphatic carbocycles. The van der Waals surface area contributed by atoms with Crippen molar-refractivity contribution >= 4 is 28.2 Å². The Morgan fingerprint density at radius 2 is 1.72 bits per heavy atom. The van der Waals surface area contributed by atoms with E-state index in [4.69, 9.17) is 4.74 Å². The average Bonchev–Trinajstić information content (AvgIpc) is 3.20. The summed E-state index contributed by atoms with van der Waals surface area (Å²) in [4.78, 5) is 52.4. The molecular weight excluding hydrogens is 473 g/mol. The van der Waals surface area contributed by atoms with Gasteiger partial charge in [-0.05, 0) is 35.9 Å². The topological polar surface area (TPSA) is 126 Å². The van der Waals surface area contributed by atoms with Gasteiger partial charge < -0.3 is 24.0 Å². The molecule has 5 rings (SSSR count). The number of pyridine rings is 1. The van der Waals surface area contributed by atoms with E-state index in [2.05, 4.69) is 4.98 Å². The van der Waals surface area contributed by atoms with Gasteiger partial charge in [-0.15, -0.1) is 0 Å². The zero-order valence-electron chi connectivity index (χ0n) is 19.5. The van der Waals surface area contributed by atoms with E-state index in [1.807, 2.05) is 42.5 Å². The number of aromatic amines is 1. The maximum atomic E-state index is 13.9. The minimum atomic E-state index is -1.58. The van der Waals surface area contributed by atoms with Crippen LogP contribution in [0.25, 0.3) is 27.5 Å². The normalized spacial score (nSPS) is 10.8. The summed E-state index contributed by atoms with van der Waals surface area (Å²) >= 11 is 0. The Balaban J connectivity index is 0.00000304. The number of carboxylic acid groups (broad SMARTS) is 1. The Kier molecular flexibility index (Phi) is 6.98. The van der Waals surface area contributed by atoms with Crippen molar-refractivity contribution in [2.24, 2.45) is 0 Å². The molecule has 0 saturated heterocycles. The second-order valence-electron chi connectivity index (χ2n) is 7.86. The first-order valence-corrected chi connectivity index (χ1v) is 10.6. The van der Waals surface area contributed by atoms with Crippen molar-refractivity contribution in [3.05, 3.63) is 105 Å². The molecule has 3 aromatic heterocycles. The summed E-state index contributed by atoms with van der Waals surface area (Å²) in [6.07, 6.45) is 1.75. The number of benzene rings is 2. The van der Waals surface area contributed by atoms with Crippen molar-refractivity contribution < 1.29 is 49.0 Å². The summed E-state index contributed by atoms with van der Waals surface area (Å²) in [5.41, 5.74) is 1.07. The van der Waals surface area contributed by atoms with Gasteiger partial charge in [0.25, 0.3) is 5.56 Å². The molecule has 0 saturated carbocycles. The number of fused-ring (bicyclic) bond motifs is 2. The third-order valence-electron chi connectivity index (χ3n) is 5.81. The van der Waals surface area contributed by atoms with Gasteiger partial charge in [0, 0.05) is 11.8 Å². The number of hydrogen-bond donors (Lipinski definition) is 1. The monoisotopic (exact) mass is 491 g/mol. The number of carbonyl (C=O) groups is 2. The van der Waals surface area contributed by atoms with E-state index in [0.717, 1.165) is 5.56 Å². The van der Waals surface area contributed by atoms with Crippen LogP contribution in [0.4, 0.5) is 0 Å². The molecule has 10 heteroatoms. The van der Waals surface area contributed by atoms with Crippen molar-refractivity contribution in [2.75, 3.05) is 7.11 Å². The smallest absolute Gasteiger partial charge is 0.548 e. The summed E-state index contributed by atoms with van der Waals surface area (Å²) < 4.78 is 7.96. The zero-order chi connectivity index (χ0) is 24.7. The van der Waals surface area contributed by atoms with Crippen molar-refractivity contribution in [3.63, 3.8) is 0 Å². The molecule has 9 nitrogen and oxygen atoms in total. The van der Waals surface area contributed by atoms with Crippen LogP contribution in [-0.4, -0.2) is 32.8 Å². The van der Waals surface area contributed by atoms with Crippen LogP contribution >= 0.6 is 0 Å². The number of ketones is 1. The van der Waals surface area contributed by atoms with Crippen LogP contribution in [0, 0.1) is 0 Å². The maximum absolute atomic E-state index is 13.9. The predicted molar refractivity (Wildman–Crippen MR) is 127 cm³/mol. The van der Waals surface area contributed by atoms with Crippen molar-refractivity contribution in [1.82, 2.24) is 14.0 Å². The fraction of sp³-hybridized carbons (Fsp3) is 0.0769. The molecule has 174 valence electrons. The van der Waals surface area contributed by atoms with Gasteiger partial charge in [0.05, 0.1) is 41.6 Å². The molecule has 5 aromatic rings. The Morgan fingerprint density at radius 3 is 2.42 bits per heavy atom. The molecule has 0 atom stereocenters. The second kappa shape index (κ2) is 9.98. The van der Waals surface area contributed by atoms with Gasteiger partial charge in [0.15, 0.2) is 5.75 Å². The van der Waals surface area contributed by atoms with Crippen LogP contribution < -0.4 is 50.6 Å². The Morgan fingerprint density at radius 1 is 1.00 bits per heavy atom. The molecule has 0 spiro atoms. The quantitative estimate of drug-likeness (QED) is 0.230. The van der Waals surface area contributed by atoms with Crippen LogP contribution in [0.3, 0.4) is 0 Å². The zero-order valence-corrected chi connectivity index (χ0v) is 21.5. The van der Waals surface area contributed by atoms with E-state index in [1.165, 1.54) is 25.3 Å². The van der Waals surface area contributed by atoms with Gasteiger partial charge in [-0.2, -0.15) is 0 Å². The second-order valence-corrected chi connectivity index (χ2v) is 7.86. The number of H-pyrrole nitrogens is 1. The fourth-order valence-corrected chi connectivity index (χ4v) is 4.28. The number of methoxy groups -OCH3 is 1. The summed E-state index contributed by atoms with van der Waals surface area (Å²) in [6.45, 7) is -0.902. The number of aliphatic carboxylic acids is 1. The van der Waals surface area contributed by atoms with Crippen molar-refractivity contribution in [1.29, 1.82) is 0 Å². The number of carboxylic acids is 1. The third kappa shape index (κ3) is 4.17. The van der Waals surface area contributed by atoms with Gasteiger partial charge >= 0.3 is 35.2 Å². The number of rotatable bonds is 6. The molecule has 1 N–H and O–H groups in total. The molecule has 0 amide bonds. The number of carbonyl (C=O) groups excluding carboxylic acids is 2. The predicted octanol–water partition coefficient (Wildman–Crippen LogP) is -1.40. The van der Waals surface area contributed by atoms with E-state index in [9.17, 15) is 24.3 Å². The number of ether oxygens (including phenoxy) is 1. The molecular formula is C26H18N3NaO6. The minimum absolute atomic E-state index is 0. The summed E-state index contributed by atoms with van der Waals surface area (Å²) in [6, 6.07) is 19.1. The van der Waals surface area contributed by atoms with Crippen LogP contribution in [0.5, 0.6) is 5.75 Å². The molecule has 0 aliphatic heterocycles. The number of nitrogens with zero attached hydrogens (tertiary/aromatic N) is 2. The molecule has 0 radical (unpaired) electrons. The van der Waals surface area contributed by atoms with Crippen LogP contribution in [0.2, 0.25) is 0 Å². The van der Waals surface area contributed by atoms with Gasteiger partial charge in [-0.25, -0.2) is 4.79 Å². The molecule has 0 fully saturated rings. The van der Waals surface area contributed by atoms with Crippen molar-refractivity contribution in [2.45, 2.75) is 6.54 Å². The summed E-state index contributed by atoms with van der Waals surface area (Å²) in [5.74, 6) is -1.43. The van der Waals surface area contributed by atoms with Gasteiger partial charge in [0.1, 0.15) is 5.69 Å². The molecule has 0 unspecified atom stereocenters. The molecule has 36 heavy (non-hydrogen) atoms. The van der Waals surface area contributed by atoms with Crippen molar-refractivity contribution in [3.8, 4) is 16.9 Å². The molecule has 2 aromatic carbocycles.